The smallest absolute Gasteiger partial charge is 0.434 e. The van der Waals surface area contributed by atoms with Gasteiger partial charge in [-0.2, -0.15) is 5.01 Å². The number of benzene rings is 1. The number of imide groups is 1. The fraction of sp³-hybridized carbons (Fsp3) is 0.517. The molecule has 0 N–H and O–H groups in total. The molecule has 0 aliphatic carbocycles. The zero-order valence-corrected chi connectivity index (χ0v) is 24.8. The number of nitrogens with zero attached hydrogens (tertiary/aromatic N) is 3. The maximum absolute atomic E-state index is 13.4. The summed E-state index contributed by atoms with van der Waals surface area (Å²) in [4.78, 5) is 52.3. The Morgan fingerprint density at radius 3 is 2.13 bits per heavy atom. The molecule has 0 spiro atoms. The summed E-state index contributed by atoms with van der Waals surface area (Å²) in [6, 6.07) is 1.89. The van der Waals surface area contributed by atoms with E-state index >= 15 is 0 Å². The summed E-state index contributed by atoms with van der Waals surface area (Å²) in [5.41, 5.74) is 1.46. The molecule has 0 saturated heterocycles. The molecule has 0 saturated carbocycles. The van der Waals surface area contributed by atoms with Crippen LogP contribution < -0.4 is 5.01 Å². The quantitative estimate of drug-likeness (QED) is 0.196. The number of unbranched alkanes of at least 4 members (excludes halogenated alkanes) is 1. The van der Waals surface area contributed by atoms with Crippen LogP contribution in [0.15, 0.2) is 23.1 Å². The molecule has 10 heteroatoms. The van der Waals surface area contributed by atoms with Crippen molar-refractivity contribution >= 4 is 41.5 Å². The normalized spacial score (nSPS) is 14.9. The Labute approximate surface area is 234 Å². The van der Waals surface area contributed by atoms with Crippen LogP contribution in [0.2, 0.25) is 0 Å². The minimum absolute atomic E-state index is 0.116. The van der Waals surface area contributed by atoms with Crippen molar-refractivity contribution in [1.82, 2.24) is 9.91 Å². The number of anilines is 1. The number of rotatable bonds is 6. The Hall–Kier alpha value is -3.45. The average molecular weight is 556 g/mol. The van der Waals surface area contributed by atoms with Gasteiger partial charge in [-0.25, -0.2) is 14.6 Å². The molecule has 210 valence electrons. The van der Waals surface area contributed by atoms with Gasteiger partial charge >= 0.3 is 12.2 Å². The zero-order chi connectivity index (χ0) is 29.1. The summed E-state index contributed by atoms with van der Waals surface area (Å²) in [6.45, 7) is 14.8. The van der Waals surface area contributed by atoms with Gasteiger partial charge in [0.15, 0.2) is 0 Å². The lowest BCUT2D eigenvalue weighted by atomic mass is 10.0. The molecule has 2 heterocycles. The van der Waals surface area contributed by atoms with E-state index in [2.05, 4.69) is 11.8 Å². The van der Waals surface area contributed by atoms with Crippen LogP contribution in [0.25, 0.3) is 0 Å². The van der Waals surface area contributed by atoms with Crippen LogP contribution in [-0.2, 0) is 25.6 Å². The number of thioether (sulfide) groups is 1. The maximum atomic E-state index is 13.4. The number of carbonyl (C=O) groups is 4. The van der Waals surface area contributed by atoms with Crippen LogP contribution in [0.5, 0.6) is 0 Å². The lowest BCUT2D eigenvalue weighted by molar-refractivity contribution is -0.136. The topological polar surface area (TPSA) is 96.5 Å². The van der Waals surface area contributed by atoms with E-state index in [-0.39, 0.29) is 18.4 Å². The molecule has 0 fully saturated rings. The highest BCUT2D eigenvalue weighted by molar-refractivity contribution is 7.99. The summed E-state index contributed by atoms with van der Waals surface area (Å²) in [5.74, 6) is 6.30. The molecule has 0 atom stereocenters. The molecule has 2 aliphatic heterocycles. The van der Waals surface area contributed by atoms with Gasteiger partial charge in [-0.15, -0.1) is 17.7 Å². The van der Waals surface area contributed by atoms with Gasteiger partial charge in [0.1, 0.15) is 11.2 Å². The summed E-state index contributed by atoms with van der Waals surface area (Å²) < 4.78 is 11.3. The maximum Gasteiger partial charge on any atom is 0.434 e. The highest BCUT2D eigenvalue weighted by Gasteiger charge is 2.42. The predicted octanol–water partition coefficient (Wildman–Crippen LogP) is 5.57. The Bertz CT molecular complexity index is 1240. The van der Waals surface area contributed by atoms with Gasteiger partial charge in [0.25, 0.3) is 11.8 Å². The fourth-order valence-electron chi connectivity index (χ4n) is 4.11. The van der Waals surface area contributed by atoms with E-state index in [1.807, 2.05) is 13.0 Å². The number of hydrogen-bond acceptors (Lipinski definition) is 7. The highest BCUT2D eigenvalue weighted by Crippen LogP contribution is 2.41. The Balaban J connectivity index is 1.88. The van der Waals surface area contributed by atoms with Crippen molar-refractivity contribution in [3.05, 3.63) is 34.9 Å². The van der Waals surface area contributed by atoms with E-state index in [1.54, 1.807) is 60.2 Å². The van der Waals surface area contributed by atoms with E-state index in [9.17, 15) is 19.2 Å². The molecule has 0 aromatic heterocycles. The van der Waals surface area contributed by atoms with Crippen molar-refractivity contribution in [2.75, 3.05) is 17.3 Å². The van der Waals surface area contributed by atoms with Crippen molar-refractivity contribution in [1.29, 1.82) is 0 Å². The Kier molecular flexibility index (Phi) is 9.06. The highest BCUT2D eigenvalue weighted by atomic mass is 32.2. The molecule has 3 rings (SSSR count). The van der Waals surface area contributed by atoms with Gasteiger partial charge in [-0.05, 0) is 85.6 Å². The first-order chi connectivity index (χ1) is 18.1. The Morgan fingerprint density at radius 1 is 0.974 bits per heavy atom. The van der Waals surface area contributed by atoms with Crippen LogP contribution in [0.3, 0.4) is 0 Å². The molecule has 0 unspecified atom stereocenters. The first-order valence-corrected chi connectivity index (χ1v) is 13.9. The molecule has 0 bridgehead atoms. The molecule has 1 aromatic carbocycles. The van der Waals surface area contributed by atoms with Gasteiger partial charge in [0.2, 0.25) is 0 Å². The lowest BCUT2D eigenvalue weighted by Crippen LogP contribution is -2.49. The molecular weight excluding hydrogens is 518 g/mol. The molecule has 0 radical (unpaired) electrons. The van der Waals surface area contributed by atoms with E-state index < -0.39 is 23.4 Å². The fourth-order valence-corrected chi connectivity index (χ4v) is 5.19. The molecule has 1 aromatic rings. The summed E-state index contributed by atoms with van der Waals surface area (Å²) in [6.07, 6.45) is 2.68. The second-order valence-electron chi connectivity index (χ2n) is 11.3. The molecule has 9 nitrogen and oxygen atoms in total. The second-order valence-corrected chi connectivity index (χ2v) is 12.4. The minimum atomic E-state index is -0.776. The SMILES string of the molecule is CC#Cc1c(C)c(SCCCCN2C(=O)C=CC2=O)cc2c1CN(C(=O)OC(C)(C)C)N2C(=O)OC(C)(C)C. The van der Waals surface area contributed by atoms with Crippen LogP contribution in [0, 0.1) is 18.8 Å². The van der Waals surface area contributed by atoms with Gasteiger partial charge in [0, 0.05) is 34.7 Å². The van der Waals surface area contributed by atoms with E-state index in [0.717, 1.165) is 33.8 Å². The average Bonchev–Trinajstić information content (AvgIpc) is 3.34. The zero-order valence-electron chi connectivity index (χ0n) is 24.0. The Morgan fingerprint density at radius 2 is 1.56 bits per heavy atom. The van der Waals surface area contributed by atoms with Gasteiger partial charge < -0.3 is 9.47 Å². The van der Waals surface area contributed by atoms with Crippen molar-refractivity contribution in [2.45, 2.75) is 90.9 Å². The predicted molar refractivity (Wildman–Crippen MR) is 150 cm³/mol. The van der Waals surface area contributed by atoms with Gasteiger partial charge in [-0.1, -0.05) is 5.92 Å². The minimum Gasteiger partial charge on any atom is -0.442 e. The number of hydrazine groups is 1. The van der Waals surface area contributed by atoms with Gasteiger partial charge in [0.05, 0.1) is 12.2 Å². The van der Waals surface area contributed by atoms with E-state index in [1.165, 1.54) is 27.1 Å². The van der Waals surface area contributed by atoms with E-state index in [0.29, 0.717) is 18.7 Å². The van der Waals surface area contributed by atoms with Crippen molar-refractivity contribution in [3.8, 4) is 11.8 Å². The van der Waals surface area contributed by atoms with Crippen LogP contribution in [-0.4, -0.2) is 57.4 Å². The molecule has 39 heavy (non-hydrogen) atoms. The summed E-state index contributed by atoms with van der Waals surface area (Å²) in [7, 11) is 0. The van der Waals surface area contributed by atoms with Crippen LogP contribution in [0.4, 0.5) is 15.3 Å². The van der Waals surface area contributed by atoms with Crippen LogP contribution >= 0.6 is 11.8 Å². The first-order valence-electron chi connectivity index (χ1n) is 12.9. The molecule has 2 aliphatic rings. The third kappa shape index (κ3) is 7.35. The van der Waals surface area contributed by atoms with E-state index in [4.69, 9.17) is 9.47 Å². The monoisotopic (exact) mass is 555 g/mol. The van der Waals surface area contributed by atoms with Crippen LogP contribution in [0.1, 0.15) is 78.0 Å². The number of fused-ring (bicyclic) bond motifs is 1. The second kappa shape index (κ2) is 11.7. The summed E-state index contributed by atoms with van der Waals surface area (Å²) in [5, 5.41) is 2.51. The third-order valence-electron chi connectivity index (χ3n) is 5.76. The largest absolute Gasteiger partial charge is 0.442 e. The number of ether oxygens (including phenoxy) is 2. The lowest BCUT2D eigenvalue weighted by Gasteiger charge is -2.32. The third-order valence-corrected chi connectivity index (χ3v) is 6.98. The number of amides is 4. The standard InChI is InChI=1S/C29H37N3O6S/c1-9-12-20-19(2)23(39-16-11-10-15-30-24(33)13-14-25(30)34)17-22-21(20)18-31(26(35)37-28(3,4)5)32(22)27(36)38-29(6,7)8/h13-14,17H,10-11,15-16,18H2,1-8H3. The molecular formula is C29H37N3O6S. The number of hydrogen-bond donors (Lipinski definition) is 0. The van der Waals surface area contributed by atoms with Crippen molar-refractivity contribution in [2.24, 2.45) is 0 Å². The molecule has 4 amide bonds. The first kappa shape index (κ1) is 30.1. The van der Waals surface area contributed by atoms with Crippen molar-refractivity contribution < 1.29 is 28.7 Å². The van der Waals surface area contributed by atoms with Gasteiger partial charge in [-0.3, -0.25) is 14.5 Å². The summed E-state index contributed by atoms with van der Waals surface area (Å²) >= 11 is 1.60. The number of carbonyl (C=O) groups excluding carboxylic acids is 4. The van der Waals surface area contributed by atoms with Crippen molar-refractivity contribution in [3.63, 3.8) is 0 Å².